The molecule has 0 aromatic heterocycles. The highest BCUT2D eigenvalue weighted by molar-refractivity contribution is 6.32. The van der Waals surface area contributed by atoms with Crippen molar-refractivity contribution in [2.24, 2.45) is 0 Å². The van der Waals surface area contributed by atoms with Gasteiger partial charge in [-0.3, -0.25) is 4.79 Å². The van der Waals surface area contributed by atoms with Gasteiger partial charge in [0.25, 0.3) is 0 Å². The Morgan fingerprint density at radius 1 is 1.42 bits per heavy atom. The predicted molar refractivity (Wildman–Crippen MR) is 92.6 cm³/mol. The number of nitrogens with one attached hydrogen (secondary N) is 2. The average molecular weight is 347 g/mol. The summed E-state index contributed by atoms with van der Waals surface area (Å²) in [5, 5.41) is 6.20. The number of halogens is 2. The lowest BCUT2D eigenvalue weighted by atomic mass is 10.1. The predicted octanol–water partition coefficient (Wildman–Crippen LogP) is 4.13. The van der Waals surface area contributed by atoms with Gasteiger partial charge in [-0.25, -0.2) is 4.39 Å². The van der Waals surface area contributed by atoms with Crippen LogP contribution in [0.5, 0.6) is 5.75 Å². The van der Waals surface area contributed by atoms with Crippen molar-refractivity contribution in [1.82, 2.24) is 5.32 Å². The highest BCUT2D eigenvalue weighted by atomic mass is 35.5. The van der Waals surface area contributed by atoms with Gasteiger partial charge in [0, 0.05) is 11.6 Å². The monoisotopic (exact) mass is 346 g/mol. The van der Waals surface area contributed by atoms with Gasteiger partial charge in [-0.1, -0.05) is 23.7 Å². The lowest BCUT2D eigenvalue weighted by Crippen LogP contribution is -2.24. The molecule has 1 heterocycles. The van der Waals surface area contributed by atoms with Crippen LogP contribution in [0.3, 0.4) is 0 Å². The second-order valence-electron chi connectivity index (χ2n) is 5.42. The third kappa shape index (κ3) is 3.51. The van der Waals surface area contributed by atoms with Crippen LogP contribution in [-0.2, 0) is 4.79 Å². The van der Waals surface area contributed by atoms with Crippen molar-refractivity contribution in [3.63, 3.8) is 0 Å². The Morgan fingerprint density at radius 2 is 2.25 bits per heavy atom. The average Bonchev–Trinajstić information content (AvgIpc) is 3.01. The lowest BCUT2D eigenvalue weighted by molar-refractivity contribution is -0.117. The standard InChI is InChI=1S/C18H16ClFN2O2/c1-11(12-5-7-17-16(9-12)21-10-24-17)22-18(23)8-6-13-14(19)3-2-4-15(13)20/h2-9,11,21H,10H2,1H3,(H,22,23)/b8-6+. The fraction of sp³-hybridized carbons (Fsp3) is 0.167. The first-order valence-corrected chi connectivity index (χ1v) is 7.85. The van der Waals surface area contributed by atoms with Crippen LogP contribution in [0, 0.1) is 5.82 Å². The summed E-state index contributed by atoms with van der Waals surface area (Å²) in [6.07, 6.45) is 2.65. The van der Waals surface area contributed by atoms with Gasteiger partial charge < -0.3 is 15.4 Å². The summed E-state index contributed by atoms with van der Waals surface area (Å²) in [6.45, 7) is 2.32. The molecular weight excluding hydrogens is 331 g/mol. The molecule has 0 spiro atoms. The second kappa shape index (κ2) is 6.93. The molecule has 0 bridgehead atoms. The van der Waals surface area contributed by atoms with E-state index in [-0.39, 0.29) is 22.5 Å². The molecule has 1 amide bonds. The molecule has 4 nitrogen and oxygen atoms in total. The molecule has 124 valence electrons. The maximum atomic E-state index is 13.7. The van der Waals surface area contributed by atoms with Gasteiger partial charge in [-0.2, -0.15) is 0 Å². The number of hydrogen-bond donors (Lipinski definition) is 2. The Hall–Kier alpha value is -2.53. The summed E-state index contributed by atoms with van der Waals surface area (Å²) >= 11 is 5.93. The van der Waals surface area contributed by atoms with E-state index in [0.29, 0.717) is 6.73 Å². The third-order valence-corrected chi connectivity index (χ3v) is 4.08. The number of ether oxygens (including phenoxy) is 1. The van der Waals surface area contributed by atoms with Crippen molar-refractivity contribution in [3.05, 3.63) is 64.4 Å². The van der Waals surface area contributed by atoms with Gasteiger partial charge in [0.05, 0.1) is 16.8 Å². The minimum Gasteiger partial charge on any atom is -0.471 e. The van der Waals surface area contributed by atoms with E-state index >= 15 is 0 Å². The molecule has 2 aromatic rings. The number of fused-ring (bicyclic) bond motifs is 1. The summed E-state index contributed by atoms with van der Waals surface area (Å²) < 4.78 is 19.0. The van der Waals surface area contributed by atoms with E-state index in [4.69, 9.17) is 16.3 Å². The molecule has 1 aliphatic rings. The van der Waals surface area contributed by atoms with Crippen LogP contribution >= 0.6 is 11.6 Å². The van der Waals surface area contributed by atoms with Crippen LogP contribution in [-0.4, -0.2) is 12.6 Å². The van der Waals surface area contributed by atoms with E-state index in [9.17, 15) is 9.18 Å². The first-order chi connectivity index (χ1) is 11.5. The van der Waals surface area contributed by atoms with Gasteiger partial charge in [0.1, 0.15) is 11.6 Å². The number of benzene rings is 2. The van der Waals surface area contributed by atoms with Crippen LogP contribution in [0.15, 0.2) is 42.5 Å². The molecule has 1 aliphatic heterocycles. The maximum Gasteiger partial charge on any atom is 0.244 e. The van der Waals surface area contributed by atoms with E-state index in [2.05, 4.69) is 10.6 Å². The fourth-order valence-electron chi connectivity index (χ4n) is 2.45. The molecule has 24 heavy (non-hydrogen) atoms. The zero-order valence-electron chi connectivity index (χ0n) is 13.0. The highest BCUT2D eigenvalue weighted by Gasteiger charge is 2.14. The number of carbonyl (C=O) groups excluding carboxylic acids is 1. The molecule has 0 saturated carbocycles. The number of carbonyl (C=O) groups is 1. The Bertz CT molecular complexity index is 787. The van der Waals surface area contributed by atoms with Gasteiger partial charge in [0.2, 0.25) is 5.91 Å². The molecule has 0 aliphatic carbocycles. The number of anilines is 1. The molecule has 0 saturated heterocycles. The van der Waals surface area contributed by atoms with Gasteiger partial charge in [-0.05, 0) is 42.8 Å². The van der Waals surface area contributed by atoms with E-state index < -0.39 is 5.82 Å². The molecular formula is C18H16ClFN2O2. The molecule has 2 N–H and O–H groups in total. The molecule has 3 rings (SSSR count). The third-order valence-electron chi connectivity index (χ3n) is 3.75. The van der Waals surface area contributed by atoms with Crippen molar-refractivity contribution in [2.45, 2.75) is 13.0 Å². The Labute approximate surface area is 144 Å². The maximum absolute atomic E-state index is 13.7. The van der Waals surface area contributed by atoms with Crippen LogP contribution < -0.4 is 15.4 Å². The molecule has 1 unspecified atom stereocenters. The largest absolute Gasteiger partial charge is 0.471 e. The van der Waals surface area contributed by atoms with Crippen LogP contribution in [0.1, 0.15) is 24.1 Å². The molecule has 2 aromatic carbocycles. The number of amides is 1. The minimum absolute atomic E-state index is 0.195. The number of rotatable bonds is 4. The normalized spacial score (nSPS) is 14.0. The fourth-order valence-corrected chi connectivity index (χ4v) is 2.67. The van der Waals surface area contributed by atoms with Gasteiger partial charge >= 0.3 is 0 Å². The van der Waals surface area contributed by atoms with E-state index in [1.807, 2.05) is 25.1 Å². The first-order valence-electron chi connectivity index (χ1n) is 7.48. The summed E-state index contributed by atoms with van der Waals surface area (Å²) in [6, 6.07) is 9.88. The zero-order valence-corrected chi connectivity index (χ0v) is 13.7. The van der Waals surface area contributed by atoms with Crippen molar-refractivity contribution < 1.29 is 13.9 Å². The van der Waals surface area contributed by atoms with Crippen molar-refractivity contribution in [1.29, 1.82) is 0 Å². The van der Waals surface area contributed by atoms with Crippen molar-refractivity contribution >= 4 is 29.3 Å². The van der Waals surface area contributed by atoms with Crippen LogP contribution in [0.4, 0.5) is 10.1 Å². The molecule has 1 atom stereocenters. The second-order valence-corrected chi connectivity index (χ2v) is 5.83. The van der Waals surface area contributed by atoms with Crippen LogP contribution in [0.2, 0.25) is 5.02 Å². The highest BCUT2D eigenvalue weighted by Crippen LogP contribution is 2.31. The van der Waals surface area contributed by atoms with E-state index in [1.54, 1.807) is 6.07 Å². The summed E-state index contributed by atoms with van der Waals surface area (Å²) in [4.78, 5) is 12.1. The first kappa shape index (κ1) is 16.3. The molecule has 0 fully saturated rings. The van der Waals surface area contributed by atoms with E-state index in [0.717, 1.165) is 17.0 Å². The summed E-state index contributed by atoms with van der Waals surface area (Å²) in [7, 11) is 0. The molecule has 0 radical (unpaired) electrons. The Morgan fingerprint density at radius 3 is 3.04 bits per heavy atom. The quantitative estimate of drug-likeness (QED) is 0.818. The van der Waals surface area contributed by atoms with E-state index in [1.165, 1.54) is 24.3 Å². The summed E-state index contributed by atoms with van der Waals surface area (Å²) in [5.41, 5.74) is 2.04. The Kier molecular flexibility index (Phi) is 4.71. The van der Waals surface area contributed by atoms with Gasteiger partial charge in [-0.15, -0.1) is 0 Å². The smallest absolute Gasteiger partial charge is 0.244 e. The van der Waals surface area contributed by atoms with Crippen molar-refractivity contribution in [3.8, 4) is 5.75 Å². The molecule has 6 heteroatoms. The van der Waals surface area contributed by atoms with Crippen LogP contribution in [0.25, 0.3) is 6.08 Å². The lowest BCUT2D eigenvalue weighted by Gasteiger charge is -2.13. The topological polar surface area (TPSA) is 50.4 Å². The zero-order chi connectivity index (χ0) is 17.1. The number of hydrogen-bond acceptors (Lipinski definition) is 3. The Balaban J connectivity index is 1.67. The van der Waals surface area contributed by atoms with Gasteiger partial charge in [0.15, 0.2) is 6.73 Å². The minimum atomic E-state index is -0.468. The SMILES string of the molecule is CC(NC(=O)/C=C/c1c(F)cccc1Cl)c1ccc2c(c1)NCO2. The summed E-state index contributed by atoms with van der Waals surface area (Å²) in [5.74, 6) is 0.00203. The van der Waals surface area contributed by atoms with Crippen molar-refractivity contribution in [2.75, 3.05) is 12.0 Å².